The van der Waals surface area contributed by atoms with Crippen LogP contribution < -0.4 is 10.2 Å². The monoisotopic (exact) mass is 331 g/mol. The Morgan fingerprint density at radius 1 is 1.36 bits per heavy atom. The number of nitrogens with one attached hydrogen (secondary N) is 1. The summed E-state index contributed by atoms with van der Waals surface area (Å²) in [4.78, 5) is 12.8. The Balaban J connectivity index is 2.67. The molecule has 1 aliphatic rings. The Morgan fingerprint density at radius 3 is 2.36 bits per heavy atom. The molecule has 1 aromatic rings. The van der Waals surface area contributed by atoms with Crippen LogP contribution in [0.15, 0.2) is 12.1 Å². The first-order valence-electron chi connectivity index (χ1n) is 5.97. The Kier molecular flexibility index (Phi) is 3.61. The Bertz CT molecular complexity index is 721. The number of anilines is 1. The van der Waals surface area contributed by atoms with E-state index in [9.17, 15) is 22.4 Å². The molecule has 0 spiro atoms. The quantitative estimate of drug-likeness (QED) is 0.635. The fourth-order valence-electron chi connectivity index (χ4n) is 2.08. The summed E-state index contributed by atoms with van der Waals surface area (Å²) in [6, 6.07) is 3.02. The lowest BCUT2D eigenvalue weighted by atomic mass is 10.0. The normalized spacial score (nSPS) is 17.4. The van der Waals surface area contributed by atoms with Gasteiger partial charge in [0.25, 0.3) is 5.91 Å². The van der Waals surface area contributed by atoms with Gasteiger partial charge < -0.3 is 5.32 Å². The molecule has 0 atom stereocenters. The minimum Gasteiger partial charge on any atom is -0.348 e. The lowest BCUT2D eigenvalue weighted by molar-refractivity contribution is -0.140. The van der Waals surface area contributed by atoms with E-state index in [0.717, 1.165) is 12.1 Å². The lowest BCUT2D eigenvalue weighted by Crippen LogP contribution is -2.40. The number of nitriles is 1. The predicted molar refractivity (Wildman–Crippen MR) is 73.4 cm³/mol. The number of amides is 1. The summed E-state index contributed by atoms with van der Waals surface area (Å²) in [6.07, 6.45) is -5.07. The maximum atomic E-state index is 14.3. The van der Waals surface area contributed by atoms with Gasteiger partial charge in [0.2, 0.25) is 0 Å². The van der Waals surface area contributed by atoms with Crippen LogP contribution in [0.5, 0.6) is 0 Å². The summed E-state index contributed by atoms with van der Waals surface area (Å²) in [6.45, 7) is 2.93. The number of halogens is 4. The van der Waals surface area contributed by atoms with E-state index in [0.29, 0.717) is 4.90 Å². The molecule has 4 nitrogen and oxygen atoms in total. The number of carbonyl (C=O) groups excluding carboxylic acids is 1. The third-order valence-corrected chi connectivity index (χ3v) is 3.41. The third-order valence-electron chi connectivity index (χ3n) is 3.13. The lowest BCUT2D eigenvalue weighted by Gasteiger charge is -2.20. The SMILES string of the molecule is CC1(C)NC(=S)N(c2ccc(C#N)c(C(F)(F)F)c2F)C1=O. The van der Waals surface area contributed by atoms with Crippen LogP contribution in [0.2, 0.25) is 0 Å². The van der Waals surface area contributed by atoms with Crippen LogP contribution in [0.25, 0.3) is 0 Å². The van der Waals surface area contributed by atoms with E-state index in [-0.39, 0.29) is 5.11 Å². The molecule has 0 unspecified atom stereocenters. The van der Waals surface area contributed by atoms with Gasteiger partial charge in [-0.05, 0) is 38.2 Å². The van der Waals surface area contributed by atoms with Crippen molar-refractivity contribution in [3.63, 3.8) is 0 Å². The first kappa shape index (κ1) is 16.2. The molecule has 1 amide bonds. The molecular formula is C13H9F4N3OS. The summed E-state index contributed by atoms with van der Waals surface area (Å²) in [7, 11) is 0. The number of alkyl halides is 3. The van der Waals surface area contributed by atoms with Gasteiger partial charge in [0.15, 0.2) is 10.9 Å². The third kappa shape index (κ3) is 2.39. The summed E-state index contributed by atoms with van der Waals surface area (Å²) >= 11 is 4.89. The van der Waals surface area contributed by atoms with Gasteiger partial charge in [0.05, 0.1) is 17.3 Å². The Hall–Kier alpha value is -2.21. The number of hydrogen-bond acceptors (Lipinski definition) is 3. The highest BCUT2D eigenvalue weighted by Gasteiger charge is 2.46. The zero-order valence-electron chi connectivity index (χ0n) is 11.4. The second kappa shape index (κ2) is 4.91. The van der Waals surface area contributed by atoms with Crippen molar-refractivity contribution in [2.45, 2.75) is 25.6 Å². The number of carbonyl (C=O) groups is 1. The van der Waals surface area contributed by atoms with E-state index >= 15 is 0 Å². The molecule has 0 aliphatic carbocycles. The molecule has 116 valence electrons. The molecule has 1 N–H and O–H groups in total. The van der Waals surface area contributed by atoms with Crippen LogP contribution in [0.4, 0.5) is 23.2 Å². The van der Waals surface area contributed by atoms with Crippen LogP contribution in [0, 0.1) is 17.1 Å². The zero-order chi connectivity index (χ0) is 16.9. The van der Waals surface area contributed by atoms with Gasteiger partial charge >= 0.3 is 6.18 Å². The smallest absolute Gasteiger partial charge is 0.348 e. The van der Waals surface area contributed by atoms with E-state index in [4.69, 9.17) is 17.5 Å². The van der Waals surface area contributed by atoms with Crippen molar-refractivity contribution in [2.75, 3.05) is 4.90 Å². The van der Waals surface area contributed by atoms with Gasteiger partial charge in [0.1, 0.15) is 11.1 Å². The average Bonchev–Trinajstić information content (AvgIpc) is 2.57. The van der Waals surface area contributed by atoms with Gasteiger partial charge in [-0.15, -0.1) is 0 Å². The van der Waals surface area contributed by atoms with E-state index in [1.807, 2.05) is 0 Å². The first-order chi connectivity index (χ1) is 10.0. The summed E-state index contributed by atoms with van der Waals surface area (Å²) in [5.41, 5.74) is -4.37. The van der Waals surface area contributed by atoms with Crippen LogP contribution >= 0.6 is 12.2 Å². The predicted octanol–water partition coefficient (Wildman–Crippen LogP) is 2.72. The van der Waals surface area contributed by atoms with Crippen molar-refractivity contribution in [1.29, 1.82) is 5.26 Å². The maximum absolute atomic E-state index is 14.3. The number of rotatable bonds is 1. The topological polar surface area (TPSA) is 56.1 Å². The second-order valence-corrected chi connectivity index (χ2v) is 5.51. The van der Waals surface area contributed by atoms with Crippen LogP contribution in [0.1, 0.15) is 25.0 Å². The molecule has 9 heteroatoms. The van der Waals surface area contributed by atoms with Gasteiger partial charge in [-0.1, -0.05) is 0 Å². The highest BCUT2D eigenvalue weighted by molar-refractivity contribution is 7.80. The van der Waals surface area contributed by atoms with Crippen molar-refractivity contribution in [2.24, 2.45) is 0 Å². The van der Waals surface area contributed by atoms with Crippen molar-refractivity contribution in [1.82, 2.24) is 5.32 Å². The van der Waals surface area contributed by atoms with Crippen LogP contribution in [-0.2, 0) is 11.0 Å². The van der Waals surface area contributed by atoms with Crippen molar-refractivity contribution < 1.29 is 22.4 Å². The minimum absolute atomic E-state index is 0.202. The Labute approximate surface area is 128 Å². The number of nitrogens with zero attached hydrogens (tertiary/aromatic N) is 2. The zero-order valence-corrected chi connectivity index (χ0v) is 12.2. The maximum Gasteiger partial charge on any atom is 0.420 e. The molecule has 1 saturated heterocycles. The average molecular weight is 331 g/mol. The highest BCUT2D eigenvalue weighted by atomic mass is 32.1. The molecule has 0 saturated carbocycles. The van der Waals surface area contributed by atoms with Crippen LogP contribution in [-0.4, -0.2) is 16.6 Å². The molecule has 1 aromatic carbocycles. The Morgan fingerprint density at radius 2 is 1.95 bits per heavy atom. The van der Waals surface area contributed by atoms with E-state index < -0.39 is 40.3 Å². The molecule has 0 radical (unpaired) electrons. The number of hydrogen-bond donors (Lipinski definition) is 1. The van der Waals surface area contributed by atoms with Crippen LogP contribution in [0.3, 0.4) is 0 Å². The largest absolute Gasteiger partial charge is 0.420 e. The molecule has 1 fully saturated rings. The highest BCUT2D eigenvalue weighted by Crippen LogP contribution is 2.38. The summed E-state index contributed by atoms with van der Waals surface area (Å²) < 4.78 is 53.2. The van der Waals surface area contributed by atoms with E-state index in [2.05, 4.69) is 5.32 Å². The first-order valence-corrected chi connectivity index (χ1v) is 6.38. The van der Waals surface area contributed by atoms with Crippen molar-refractivity contribution in [3.8, 4) is 6.07 Å². The number of thiocarbonyl (C=S) groups is 1. The van der Waals surface area contributed by atoms with Gasteiger partial charge in [-0.3, -0.25) is 9.69 Å². The van der Waals surface area contributed by atoms with Gasteiger partial charge in [-0.2, -0.15) is 18.4 Å². The van der Waals surface area contributed by atoms with E-state index in [1.165, 1.54) is 19.9 Å². The summed E-state index contributed by atoms with van der Waals surface area (Å²) in [5, 5.41) is 11.1. The fourth-order valence-corrected chi connectivity index (χ4v) is 2.51. The standard InChI is InChI=1S/C13H9F4N3OS/c1-12(2)10(21)20(11(22)19-12)7-4-3-6(5-18)8(9(7)14)13(15,16)17/h3-4H,1-2H3,(H,19,22). The molecule has 1 aliphatic heterocycles. The fraction of sp³-hybridized carbons (Fsp3) is 0.308. The molecule has 1 heterocycles. The summed E-state index contributed by atoms with van der Waals surface area (Å²) in [5.74, 6) is -2.39. The van der Waals surface area contributed by atoms with Crippen molar-refractivity contribution >= 4 is 28.9 Å². The van der Waals surface area contributed by atoms with Gasteiger partial charge in [0, 0.05) is 0 Å². The van der Waals surface area contributed by atoms with Gasteiger partial charge in [-0.25, -0.2) is 4.39 Å². The number of benzene rings is 1. The van der Waals surface area contributed by atoms with E-state index in [1.54, 1.807) is 0 Å². The molecular weight excluding hydrogens is 322 g/mol. The van der Waals surface area contributed by atoms with Crippen molar-refractivity contribution in [3.05, 3.63) is 29.1 Å². The molecule has 22 heavy (non-hydrogen) atoms. The minimum atomic E-state index is -5.07. The molecule has 0 aromatic heterocycles. The molecule has 0 bridgehead atoms. The second-order valence-electron chi connectivity index (χ2n) is 5.13. The molecule has 2 rings (SSSR count).